The molecule has 0 bridgehead atoms. The number of benzene rings is 2. The highest BCUT2D eigenvalue weighted by molar-refractivity contribution is 9.10. The van der Waals surface area contributed by atoms with Crippen molar-refractivity contribution in [2.75, 3.05) is 5.43 Å². The van der Waals surface area contributed by atoms with E-state index in [4.69, 9.17) is 4.42 Å². The lowest BCUT2D eigenvalue weighted by molar-refractivity contribution is 0.563. The Kier molecular flexibility index (Phi) is 5.20. The van der Waals surface area contributed by atoms with Gasteiger partial charge < -0.3 is 4.42 Å². The molecule has 0 spiro atoms. The van der Waals surface area contributed by atoms with Crippen molar-refractivity contribution < 1.29 is 8.81 Å². The molecule has 0 saturated heterocycles. The van der Waals surface area contributed by atoms with Gasteiger partial charge in [0.15, 0.2) is 10.7 Å². The lowest BCUT2D eigenvalue weighted by Gasteiger charge is -2.01. The standard InChI is InChI=1S/C20H10BrFN4O2S/c21-12-1-6-18-11(7-12)8-15(20(27)28-18)17-10-29-19(24-17)16(9-23)26-25-14-4-2-13(22)3-5-14/h1-8,10,25H/b26-16-. The number of nitriles is 1. The van der Waals surface area contributed by atoms with Crippen molar-refractivity contribution in [3.63, 3.8) is 0 Å². The second kappa shape index (κ2) is 7.95. The van der Waals surface area contributed by atoms with Crippen molar-refractivity contribution in [1.82, 2.24) is 4.98 Å². The maximum Gasteiger partial charge on any atom is 0.345 e. The number of aromatic nitrogens is 1. The molecular weight excluding hydrogens is 459 g/mol. The van der Waals surface area contributed by atoms with E-state index >= 15 is 0 Å². The Morgan fingerprint density at radius 2 is 2.03 bits per heavy atom. The van der Waals surface area contributed by atoms with Gasteiger partial charge >= 0.3 is 5.63 Å². The summed E-state index contributed by atoms with van der Waals surface area (Å²) in [6.45, 7) is 0. The predicted molar refractivity (Wildman–Crippen MR) is 113 cm³/mol. The average Bonchev–Trinajstić information content (AvgIpc) is 3.19. The van der Waals surface area contributed by atoms with Crippen molar-refractivity contribution in [1.29, 1.82) is 5.26 Å². The fraction of sp³-hybridized carbons (Fsp3) is 0. The first-order valence-corrected chi connectivity index (χ1v) is 9.90. The minimum Gasteiger partial charge on any atom is -0.422 e. The first kappa shape index (κ1) is 19.0. The predicted octanol–water partition coefficient (Wildman–Crippen LogP) is 5.16. The molecule has 0 saturated carbocycles. The Morgan fingerprint density at radius 1 is 1.24 bits per heavy atom. The molecule has 0 amide bonds. The third kappa shape index (κ3) is 4.08. The number of hydrogen-bond acceptors (Lipinski definition) is 7. The summed E-state index contributed by atoms with van der Waals surface area (Å²) in [5.41, 5.74) is 3.90. The van der Waals surface area contributed by atoms with Gasteiger partial charge in [0.2, 0.25) is 0 Å². The van der Waals surface area contributed by atoms with E-state index in [1.54, 1.807) is 23.6 Å². The molecule has 2 heterocycles. The van der Waals surface area contributed by atoms with Crippen LogP contribution in [0, 0.1) is 17.1 Å². The summed E-state index contributed by atoms with van der Waals surface area (Å²) in [5.74, 6) is -0.370. The van der Waals surface area contributed by atoms with Crippen LogP contribution in [0.25, 0.3) is 22.2 Å². The molecule has 6 nitrogen and oxygen atoms in total. The fourth-order valence-corrected chi connectivity index (χ4v) is 3.68. The van der Waals surface area contributed by atoms with Gasteiger partial charge in [-0.25, -0.2) is 14.2 Å². The number of hydrazone groups is 1. The van der Waals surface area contributed by atoms with E-state index < -0.39 is 5.63 Å². The quantitative estimate of drug-likeness (QED) is 0.253. The van der Waals surface area contributed by atoms with Crippen LogP contribution in [-0.2, 0) is 0 Å². The van der Waals surface area contributed by atoms with E-state index in [1.807, 2.05) is 12.1 Å². The first-order chi connectivity index (χ1) is 14.0. The van der Waals surface area contributed by atoms with E-state index in [0.29, 0.717) is 27.5 Å². The molecule has 0 aliphatic heterocycles. The first-order valence-electron chi connectivity index (χ1n) is 8.22. The number of thiazole rings is 1. The lowest BCUT2D eigenvalue weighted by Crippen LogP contribution is -2.04. The second-order valence-corrected chi connectivity index (χ2v) is 7.63. The molecular formula is C20H10BrFN4O2S. The largest absolute Gasteiger partial charge is 0.422 e. The van der Waals surface area contributed by atoms with Crippen LogP contribution in [0.15, 0.2) is 72.7 Å². The molecule has 29 heavy (non-hydrogen) atoms. The van der Waals surface area contributed by atoms with Gasteiger partial charge in [0, 0.05) is 15.2 Å². The molecule has 0 atom stereocenters. The van der Waals surface area contributed by atoms with E-state index in [0.717, 1.165) is 9.86 Å². The molecule has 0 aliphatic carbocycles. The third-order valence-electron chi connectivity index (χ3n) is 3.92. The van der Waals surface area contributed by atoms with Crippen LogP contribution in [0.5, 0.6) is 0 Å². The van der Waals surface area contributed by atoms with E-state index in [2.05, 4.69) is 31.4 Å². The Morgan fingerprint density at radius 3 is 2.79 bits per heavy atom. The van der Waals surface area contributed by atoms with Crippen LogP contribution in [0.4, 0.5) is 10.1 Å². The Balaban J connectivity index is 1.66. The summed E-state index contributed by atoms with van der Waals surface area (Å²) >= 11 is 4.57. The minimum atomic E-state index is -0.517. The SMILES string of the molecule is N#C/C(=N/Nc1ccc(F)cc1)c1nc(-c2cc3cc(Br)ccc3oc2=O)cs1. The van der Waals surface area contributed by atoms with Crippen LogP contribution in [-0.4, -0.2) is 10.7 Å². The molecule has 4 rings (SSSR count). The molecule has 2 aromatic carbocycles. The lowest BCUT2D eigenvalue weighted by atomic mass is 10.1. The molecule has 142 valence electrons. The summed E-state index contributed by atoms with van der Waals surface area (Å²) in [7, 11) is 0. The van der Waals surface area contributed by atoms with Crippen LogP contribution < -0.4 is 11.1 Å². The van der Waals surface area contributed by atoms with Gasteiger partial charge in [-0.2, -0.15) is 10.4 Å². The van der Waals surface area contributed by atoms with Crippen molar-refractivity contribution in [2.45, 2.75) is 0 Å². The highest BCUT2D eigenvalue weighted by Crippen LogP contribution is 2.25. The van der Waals surface area contributed by atoms with Crippen molar-refractivity contribution in [3.8, 4) is 17.3 Å². The van der Waals surface area contributed by atoms with Gasteiger partial charge in [0.25, 0.3) is 0 Å². The zero-order valence-electron chi connectivity index (χ0n) is 14.5. The van der Waals surface area contributed by atoms with E-state index in [9.17, 15) is 14.4 Å². The average molecular weight is 469 g/mol. The monoisotopic (exact) mass is 468 g/mol. The minimum absolute atomic E-state index is 0.0403. The number of nitrogens with zero attached hydrogens (tertiary/aromatic N) is 3. The van der Waals surface area contributed by atoms with E-state index in [-0.39, 0.29) is 11.5 Å². The maximum atomic E-state index is 13.0. The van der Waals surface area contributed by atoms with Crippen molar-refractivity contribution in [2.24, 2.45) is 5.10 Å². The van der Waals surface area contributed by atoms with Crippen molar-refractivity contribution in [3.05, 3.63) is 79.6 Å². The fourth-order valence-electron chi connectivity index (χ4n) is 2.54. The highest BCUT2D eigenvalue weighted by atomic mass is 79.9. The smallest absolute Gasteiger partial charge is 0.345 e. The molecule has 0 fully saturated rings. The maximum absolute atomic E-state index is 13.0. The molecule has 0 unspecified atom stereocenters. The molecule has 1 N–H and O–H groups in total. The van der Waals surface area contributed by atoms with Crippen LogP contribution in [0.2, 0.25) is 0 Å². The molecule has 2 aromatic heterocycles. The topological polar surface area (TPSA) is 91.3 Å². The second-order valence-electron chi connectivity index (χ2n) is 5.86. The highest BCUT2D eigenvalue weighted by Gasteiger charge is 2.15. The molecule has 0 aliphatic rings. The van der Waals surface area contributed by atoms with Gasteiger partial charge in [-0.05, 0) is 48.5 Å². The Labute approximate surface area is 176 Å². The van der Waals surface area contributed by atoms with Gasteiger partial charge in [0.05, 0.1) is 16.9 Å². The number of rotatable bonds is 4. The van der Waals surface area contributed by atoms with Crippen LogP contribution in [0.1, 0.15) is 5.01 Å². The van der Waals surface area contributed by atoms with Crippen molar-refractivity contribution >= 4 is 49.6 Å². The molecule has 4 aromatic rings. The Hall–Kier alpha value is -3.35. The summed E-state index contributed by atoms with van der Waals surface area (Å²) in [4.78, 5) is 16.7. The zero-order chi connectivity index (χ0) is 20.4. The van der Waals surface area contributed by atoms with Gasteiger partial charge in [-0.1, -0.05) is 15.9 Å². The number of fused-ring (bicyclic) bond motifs is 1. The van der Waals surface area contributed by atoms with Gasteiger partial charge in [-0.15, -0.1) is 11.3 Å². The number of hydrogen-bond donors (Lipinski definition) is 1. The number of halogens is 2. The molecule has 0 radical (unpaired) electrons. The van der Waals surface area contributed by atoms with Crippen LogP contribution >= 0.6 is 27.3 Å². The van der Waals surface area contributed by atoms with Gasteiger partial charge in [-0.3, -0.25) is 5.43 Å². The van der Waals surface area contributed by atoms with Crippen LogP contribution in [0.3, 0.4) is 0 Å². The summed E-state index contributed by atoms with van der Waals surface area (Å²) in [6.07, 6.45) is 0. The third-order valence-corrected chi connectivity index (χ3v) is 5.27. The summed E-state index contributed by atoms with van der Waals surface area (Å²) < 4.78 is 19.2. The summed E-state index contributed by atoms with van der Waals surface area (Å²) in [5, 5.41) is 16.2. The number of anilines is 1. The van der Waals surface area contributed by atoms with E-state index in [1.165, 1.54) is 35.6 Å². The molecule has 9 heteroatoms. The number of nitrogens with one attached hydrogen (secondary N) is 1. The Bertz CT molecular complexity index is 1340. The van der Waals surface area contributed by atoms with Gasteiger partial charge in [0.1, 0.15) is 17.5 Å². The summed E-state index contributed by atoms with van der Waals surface area (Å²) in [6, 6.07) is 14.6. The normalized spacial score (nSPS) is 11.4. The zero-order valence-corrected chi connectivity index (χ0v) is 16.9.